The molecule has 0 unspecified atom stereocenters. The van der Waals surface area contributed by atoms with Crippen LogP contribution in [0.5, 0.6) is 11.5 Å². The maximum Gasteiger partial charge on any atom is 0.433 e. The van der Waals surface area contributed by atoms with Gasteiger partial charge in [0.25, 0.3) is 5.91 Å². The maximum atomic E-state index is 14.0. The molecule has 8 rings (SSSR count). The van der Waals surface area contributed by atoms with E-state index in [1.807, 2.05) is 54.6 Å². The number of carbonyl (C=O) groups excluding carboxylic acids is 1. The third-order valence-corrected chi connectivity index (χ3v) is 10.9. The van der Waals surface area contributed by atoms with Crippen LogP contribution < -0.4 is 25.4 Å². The molecule has 6 aromatic rings. The summed E-state index contributed by atoms with van der Waals surface area (Å²) in [5.74, 6) is 0.364. The number of benzene rings is 4. The third-order valence-electron chi connectivity index (χ3n) is 10.9. The van der Waals surface area contributed by atoms with Crippen LogP contribution in [0.25, 0.3) is 0 Å². The van der Waals surface area contributed by atoms with Gasteiger partial charge in [-0.25, -0.2) is 14.8 Å². The molecule has 0 aliphatic carbocycles. The standard InChI is InChI=1S/C44H39F3N6O7/c1-27-24-52(41(56)51-37(27)50-38(55)28-10-6-4-7-11-28)39-35-36(54)42(60-39,25-53(35)40-48-23-22-34(49-40)44(45,46)47)26-59-43(29-12-8-5-9-13-29,30-14-18-32(57-2)19-15-30)31-16-20-33(58-3)21-17-31/h4-24,35-36,39,54H,25-26H2,1-3H3,(H,50,51,55,56)/t35-,36+,39-,42-/m1/s1. The highest BCUT2D eigenvalue weighted by molar-refractivity contribution is 6.04. The zero-order valence-corrected chi connectivity index (χ0v) is 32.5. The molecule has 2 aromatic heterocycles. The molecule has 13 nitrogen and oxygen atoms in total. The molecule has 0 spiro atoms. The molecule has 0 radical (unpaired) electrons. The molecule has 2 N–H and O–H groups in total. The first-order valence-corrected chi connectivity index (χ1v) is 18.8. The Balaban J connectivity index is 1.23. The number of morpholine rings is 1. The van der Waals surface area contributed by atoms with Gasteiger partial charge >= 0.3 is 11.9 Å². The average Bonchev–Trinajstić information content (AvgIpc) is 3.71. The summed E-state index contributed by atoms with van der Waals surface area (Å²) in [5.41, 5.74) is -2.33. The quantitative estimate of drug-likeness (QED) is 0.137. The Hall–Kier alpha value is -6.62. The van der Waals surface area contributed by atoms with Crippen LogP contribution in [0.3, 0.4) is 0 Å². The number of hydrogen-bond donors (Lipinski definition) is 2. The molecule has 4 aromatic carbocycles. The average molecular weight is 821 g/mol. The first-order chi connectivity index (χ1) is 28.9. The molecule has 2 aliphatic heterocycles. The van der Waals surface area contributed by atoms with Crippen molar-refractivity contribution in [2.24, 2.45) is 0 Å². The van der Waals surface area contributed by atoms with Crippen molar-refractivity contribution in [3.63, 3.8) is 0 Å². The molecule has 2 fully saturated rings. The molecule has 4 heterocycles. The minimum atomic E-state index is -4.80. The monoisotopic (exact) mass is 820 g/mol. The van der Waals surface area contributed by atoms with Gasteiger partial charge in [0, 0.05) is 23.5 Å². The number of anilines is 2. The highest BCUT2D eigenvalue weighted by atomic mass is 19.4. The number of fused-ring (bicyclic) bond motifs is 2. The third kappa shape index (κ3) is 7.22. The number of amides is 1. The van der Waals surface area contributed by atoms with Crippen molar-refractivity contribution < 1.29 is 42.0 Å². The largest absolute Gasteiger partial charge is 0.497 e. The number of ether oxygens (including phenoxy) is 4. The van der Waals surface area contributed by atoms with Crippen LogP contribution in [0.15, 0.2) is 132 Å². The van der Waals surface area contributed by atoms with Gasteiger partial charge in [-0.05, 0) is 66.1 Å². The topological polar surface area (TPSA) is 150 Å². The Kier molecular flexibility index (Phi) is 10.6. The number of aromatic nitrogens is 4. The van der Waals surface area contributed by atoms with Crippen molar-refractivity contribution >= 4 is 17.7 Å². The second kappa shape index (κ2) is 15.9. The van der Waals surface area contributed by atoms with E-state index in [0.29, 0.717) is 39.3 Å². The van der Waals surface area contributed by atoms with Crippen LogP contribution in [-0.4, -0.2) is 75.7 Å². The number of nitrogens with one attached hydrogen (secondary N) is 1. The van der Waals surface area contributed by atoms with E-state index < -0.39 is 53.0 Å². The molecular formula is C44H39F3N6O7. The second-order valence-electron chi connectivity index (χ2n) is 14.5. The normalized spacial score (nSPS) is 19.9. The van der Waals surface area contributed by atoms with Gasteiger partial charge in [0.15, 0.2) is 6.23 Å². The summed E-state index contributed by atoms with van der Waals surface area (Å²) < 4.78 is 67.9. The number of hydrogen-bond acceptors (Lipinski definition) is 11. The first kappa shape index (κ1) is 40.2. The molecule has 308 valence electrons. The number of aliphatic hydroxyl groups is 1. The fourth-order valence-electron chi connectivity index (χ4n) is 7.88. The zero-order valence-electron chi connectivity index (χ0n) is 32.5. The minimum Gasteiger partial charge on any atom is -0.497 e. The van der Waals surface area contributed by atoms with E-state index in [4.69, 9.17) is 18.9 Å². The maximum absolute atomic E-state index is 14.0. The molecule has 60 heavy (non-hydrogen) atoms. The Labute approximate surface area is 342 Å². The molecule has 0 saturated carbocycles. The number of carbonyl (C=O) groups is 1. The van der Waals surface area contributed by atoms with Gasteiger partial charge in [0.2, 0.25) is 5.95 Å². The summed E-state index contributed by atoms with van der Waals surface area (Å²) in [7, 11) is 3.11. The van der Waals surface area contributed by atoms with E-state index in [1.165, 1.54) is 11.1 Å². The Bertz CT molecular complexity index is 2500. The van der Waals surface area contributed by atoms with Crippen LogP contribution in [0.2, 0.25) is 0 Å². The number of nitrogens with zero attached hydrogens (tertiary/aromatic N) is 5. The highest BCUT2D eigenvalue weighted by Gasteiger charge is 2.66. The van der Waals surface area contributed by atoms with Crippen LogP contribution in [-0.2, 0) is 21.3 Å². The summed E-state index contributed by atoms with van der Waals surface area (Å²) in [6.07, 6.45) is -5.20. The van der Waals surface area contributed by atoms with Crippen molar-refractivity contribution in [3.05, 3.63) is 172 Å². The van der Waals surface area contributed by atoms with Gasteiger partial charge in [0.05, 0.1) is 27.4 Å². The van der Waals surface area contributed by atoms with Gasteiger partial charge in [0.1, 0.15) is 46.4 Å². The molecule has 2 aliphatic rings. The van der Waals surface area contributed by atoms with Crippen molar-refractivity contribution in [2.45, 2.75) is 42.7 Å². The van der Waals surface area contributed by atoms with Crippen LogP contribution in [0.4, 0.5) is 24.9 Å². The lowest BCUT2D eigenvalue weighted by Crippen LogP contribution is -2.52. The molecule has 2 bridgehead atoms. The number of aliphatic hydroxyl groups excluding tert-OH is 1. The molecular weight excluding hydrogens is 782 g/mol. The fraction of sp³-hybridized carbons (Fsp3) is 0.250. The van der Waals surface area contributed by atoms with E-state index >= 15 is 0 Å². The summed E-state index contributed by atoms with van der Waals surface area (Å²) >= 11 is 0. The van der Waals surface area contributed by atoms with Crippen molar-refractivity contribution in [3.8, 4) is 11.5 Å². The van der Waals surface area contributed by atoms with Gasteiger partial charge in [-0.3, -0.25) is 9.36 Å². The number of aryl methyl sites for hydroxylation is 1. The highest BCUT2D eigenvalue weighted by Crippen LogP contribution is 2.50. The van der Waals surface area contributed by atoms with Gasteiger partial charge < -0.3 is 34.3 Å². The fourth-order valence-corrected chi connectivity index (χ4v) is 7.88. The van der Waals surface area contributed by atoms with E-state index in [-0.39, 0.29) is 24.9 Å². The van der Waals surface area contributed by atoms with Crippen molar-refractivity contribution in [1.82, 2.24) is 19.5 Å². The number of methoxy groups -OCH3 is 2. The van der Waals surface area contributed by atoms with Crippen molar-refractivity contribution in [2.75, 3.05) is 37.6 Å². The predicted octanol–water partition coefficient (Wildman–Crippen LogP) is 6.16. The summed E-state index contributed by atoms with van der Waals surface area (Å²) in [5, 5.41) is 15.0. The lowest BCUT2D eigenvalue weighted by atomic mass is 9.79. The van der Waals surface area contributed by atoms with E-state index in [2.05, 4.69) is 20.3 Å². The van der Waals surface area contributed by atoms with Gasteiger partial charge in [-0.15, -0.1) is 0 Å². The number of alkyl halides is 3. The molecule has 16 heteroatoms. The Morgan fingerprint density at radius 1 is 0.867 bits per heavy atom. The molecule has 1 amide bonds. The van der Waals surface area contributed by atoms with E-state index in [1.54, 1.807) is 75.7 Å². The van der Waals surface area contributed by atoms with Crippen LogP contribution in [0, 0.1) is 6.92 Å². The van der Waals surface area contributed by atoms with E-state index in [9.17, 15) is 27.9 Å². The smallest absolute Gasteiger partial charge is 0.433 e. The van der Waals surface area contributed by atoms with Crippen molar-refractivity contribution in [1.29, 1.82) is 0 Å². The lowest BCUT2D eigenvalue weighted by molar-refractivity contribution is -0.159. The number of halogens is 3. The SMILES string of the molecule is COc1ccc(C(OC[C@@]23CN(c4nccc(C(F)(F)F)n4)[C@@H]([C@H](n4cc(C)c(NC(=O)c5ccccc5)nc4=O)O2)[C@@H]3O)(c2ccccc2)c2ccc(OC)cc2)cc1. The minimum absolute atomic E-state index is 0.00319. The Morgan fingerprint density at radius 2 is 1.45 bits per heavy atom. The summed E-state index contributed by atoms with van der Waals surface area (Å²) in [4.78, 5) is 40.4. The lowest BCUT2D eigenvalue weighted by Gasteiger charge is -2.41. The van der Waals surface area contributed by atoms with Gasteiger partial charge in [-0.2, -0.15) is 18.2 Å². The Morgan fingerprint density at radius 3 is 2.03 bits per heavy atom. The molecule has 2 saturated heterocycles. The number of rotatable bonds is 12. The van der Waals surface area contributed by atoms with Crippen LogP contribution >= 0.6 is 0 Å². The molecule has 4 atom stereocenters. The summed E-state index contributed by atoms with van der Waals surface area (Å²) in [6.45, 7) is 1.05. The predicted molar refractivity (Wildman–Crippen MR) is 213 cm³/mol. The summed E-state index contributed by atoms with van der Waals surface area (Å²) in [6, 6.07) is 31.9. The van der Waals surface area contributed by atoms with Crippen LogP contribution in [0.1, 0.15) is 44.5 Å². The first-order valence-electron chi connectivity index (χ1n) is 18.8. The van der Waals surface area contributed by atoms with E-state index in [0.717, 1.165) is 16.8 Å². The zero-order chi connectivity index (χ0) is 42.2. The van der Waals surface area contributed by atoms with Gasteiger partial charge in [-0.1, -0.05) is 72.8 Å². The second-order valence-corrected chi connectivity index (χ2v) is 14.5.